The first-order valence-electron chi connectivity index (χ1n) is 7.06. The van der Waals surface area contributed by atoms with Crippen molar-refractivity contribution in [1.29, 1.82) is 0 Å². The molecule has 0 fully saturated rings. The second-order valence-corrected chi connectivity index (χ2v) is 5.29. The van der Waals surface area contributed by atoms with Gasteiger partial charge in [0.05, 0.1) is 6.10 Å². The van der Waals surface area contributed by atoms with Crippen LogP contribution in [0.1, 0.15) is 65.7 Å². The summed E-state index contributed by atoms with van der Waals surface area (Å²) in [5.41, 5.74) is 0. The quantitative estimate of drug-likeness (QED) is 0.588. The molecule has 4 heteroatoms. The van der Waals surface area contributed by atoms with Crippen molar-refractivity contribution in [3.63, 3.8) is 0 Å². The Morgan fingerprint density at radius 3 is 2.11 bits per heavy atom. The highest BCUT2D eigenvalue weighted by Gasteiger charge is 2.27. The maximum absolute atomic E-state index is 12.0. The van der Waals surface area contributed by atoms with Gasteiger partial charge in [-0.2, -0.15) is 13.2 Å². The summed E-state index contributed by atoms with van der Waals surface area (Å²) in [6, 6.07) is 0. The van der Waals surface area contributed by atoms with Crippen LogP contribution < -0.4 is 0 Å². The minimum atomic E-state index is -4.05. The molecule has 1 N–H and O–H groups in total. The molecule has 0 bridgehead atoms. The number of alkyl halides is 3. The Hall–Kier alpha value is -0.250. The summed E-state index contributed by atoms with van der Waals surface area (Å²) in [6.07, 6.45) is -0.773. The minimum absolute atomic E-state index is 0.0923. The number of aliphatic hydroxyl groups is 1. The van der Waals surface area contributed by atoms with Crippen molar-refractivity contribution < 1.29 is 18.3 Å². The van der Waals surface area contributed by atoms with E-state index in [9.17, 15) is 18.3 Å². The molecule has 0 heterocycles. The molecule has 3 atom stereocenters. The zero-order valence-corrected chi connectivity index (χ0v) is 11.8. The fourth-order valence-electron chi connectivity index (χ4n) is 2.41. The van der Waals surface area contributed by atoms with Crippen LogP contribution in [0.4, 0.5) is 13.2 Å². The first-order valence-corrected chi connectivity index (χ1v) is 7.06. The summed E-state index contributed by atoms with van der Waals surface area (Å²) in [4.78, 5) is 0. The van der Waals surface area contributed by atoms with Crippen LogP contribution >= 0.6 is 0 Å². The highest BCUT2D eigenvalue weighted by atomic mass is 19.4. The average Bonchev–Trinajstić information content (AvgIpc) is 2.29. The molecule has 0 amide bonds. The Balaban J connectivity index is 3.89. The summed E-state index contributed by atoms with van der Waals surface area (Å²) in [7, 11) is 0. The van der Waals surface area contributed by atoms with Gasteiger partial charge in [-0.1, -0.05) is 40.0 Å². The highest BCUT2D eigenvalue weighted by Crippen LogP contribution is 2.27. The monoisotopic (exact) mass is 268 g/mol. The first-order chi connectivity index (χ1) is 8.31. The van der Waals surface area contributed by atoms with E-state index in [4.69, 9.17) is 0 Å². The lowest BCUT2D eigenvalue weighted by Gasteiger charge is -2.26. The zero-order valence-electron chi connectivity index (χ0n) is 11.8. The van der Waals surface area contributed by atoms with Crippen molar-refractivity contribution in [2.45, 2.75) is 78.0 Å². The molecule has 0 spiro atoms. The molecule has 1 nitrogen and oxygen atoms in total. The summed E-state index contributed by atoms with van der Waals surface area (Å²) >= 11 is 0. The predicted octanol–water partition coefficient (Wildman–Crippen LogP) is 4.93. The maximum Gasteiger partial charge on any atom is 0.389 e. The third-order valence-corrected chi connectivity index (χ3v) is 3.62. The highest BCUT2D eigenvalue weighted by molar-refractivity contribution is 4.73. The van der Waals surface area contributed by atoms with Gasteiger partial charge in [-0.05, 0) is 31.1 Å². The van der Waals surface area contributed by atoms with E-state index in [1.54, 1.807) is 0 Å². The smallest absolute Gasteiger partial charge is 0.389 e. The summed E-state index contributed by atoms with van der Waals surface area (Å²) in [5.74, 6) is 0.377. The molecule has 0 aliphatic rings. The van der Waals surface area contributed by atoms with E-state index in [0.717, 1.165) is 19.3 Å². The molecule has 1 unspecified atom stereocenters. The molecule has 110 valence electrons. The van der Waals surface area contributed by atoms with Gasteiger partial charge >= 0.3 is 6.18 Å². The molecule has 0 aliphatic carbocycles. The SMILES string of the molecule is CCC[C@H](CC)C(O)[C@H](C)CCCCC(F)(F)F. The fraction of sp³-hybridized carbons (Fsp3) is 1.00. The van der Waals surface area contributed by atoms with Gasteiger partial charge in [0.2, 0.25) is 0 Å². The van der Waals surface area contributed by atoms with Gasteiger partial charge in [0.1, 0.15) is 0 Å². The number of halogens is 3. The Morgan fingerprint density at radius 1 is 1.06 bits per heavy atom. The van der Waals surface area contributed by atoms with Gasteiger partial charge in [-0.3, -0.25) is 0 Å². The van der Waals surface area contributed by atoms with Crippen LogP contribution in [-0.2, 0) is 0 Å². The van der Waals surface area contributed by atoms with Crippen molar-refractivity contribution in [3.8, 4) is 0 Å². The van der Waals surface area contributed by atoms with Crippen LogP contribution in [0.3, 0.4) is 0 Å². The second-order valence-electron chi connectivity index (χ2n) is 5.29. The molecular formula is C14H27F3O. The van der Waals surface area contributed by atoms with Crippen LogP contribution in [0, 0.1) is 11.8 Å². The van der Waals surface area contributed by atoms with E-state index in [0.29, 0.717) is 12.8 Å². The van der Waals surface area contributed by atoms with Gasteiger partial charge in [0, 0.05) is 6.42 Å². The standard InChI is InChI=1S/C14H27F3O/c1-4-8-12(5-2)13(18)11(3)9-6-7-10-14(15,16)17/h11-13,18H,4-10H2,1-3H3/t11-,12+,13?/m1/s1. The number of hydrogen-bond donors (Lipinski definition) is 1. The van der Waals surface area contributed by atoms with Crippen LogP contribution in [0.15, 0.2) is 0 Å². The van der Waals surface area contributed by atoms with E-state index in [2.05, 4.69) is 13.8 Å². The maximum atomic E-state index is 12.0. The van der Waals surface area contributed by atoms with E-state index >= 15 is 0 Å². The Kier molecular flexibility index (Phi) is 8.66. The number of hydrogen-bond acceptors (Lipinski definition) is 1. The van der Waals surface area contributed by atoms with Crippen molar-refractivity contribution >= 4 is 0 Å². The van der Waals surface area contributed by atoms with Gasteiger partial charge in [0.25, 0.3) is 0 Å². The Bertz CT molecular complexity index is 204. The van der Waals surface area contributed by atoms with Crippen molar-refractivity contribution in [2.75, 3.05) is 0 Å². The number of unbranched alkanes of at least 4 members (excludes halogenated alkanes) is 1. The van der Waals surface area contributed by atoms with Crippen LogP contribution in [0.2, 0.25) is 0 Å². The van der Waals surface area contributed by atoms with E-state index in [1.165, 1.54) is 0 Å². The molecule has 0 saturated heterocycles. The summed E-state index contributed by atoms with van der Waals surface area (Å²) < 4.78 is 35.9. The van der Waals surface area contributed by atoms with E-state index in [1.807, 2.05) is 6.92 Å². The third kappa shape index (κ3) is 7.96. The predicted molar refractivity (Wildman–Crippen MR) is 68.4 cm³/mol. The van der Waals surface area contributed by atoms with Crippen LogP contribution in [0.5, 0.6) is 0 Å². The molecular weight excluding hydrogens is 241 g/mol. The lowest BCUT2D eigenvalue weighted by molar-refractivity contribution is -0.135. The first kappa shape index (κ1) is 17.8. The molecule has 0 aliphatic heterocycles. The van der Waals surface area contributed by atoms with Gasteiger partial charge in [-0.25, -0.2) is 0 Å². The average molecular weight is 268 g/mol. The molecule has 0 aromatic heterocycles. The topological polar surface area (TPSA) is 20.2 Å². The van der Waals surface area contributed by atoms with Gasteiger partial charge < -0.3 is 5.11 Å². The van der Waals surface area contributed by atoms with Crippen LogP contribution in [-0.4, -0.2) is 17.4 Å². The summed E-state index contributed by atoms with van der Waals surface area (Å²) in [5, 5.41) is 10.1. The number of rotatable bonds is 9. The lowest BCUT2D eigenvalue weighted by atomic mass is 9.84. The molecule has 0 aromatic carbocycles. The molecule has 0 radical (unpaired) electrons. The Morgan fingerprint density at radius 2 is 1.67 bits per heavy atom. The number of aliphatic hydroxyl groups excluding tert-OH is 1. The summed E-state index contributed by atoms with van der Waals surface area (Å²) in [6.45, 7) is 6.08. The van der Waals surface area contributed by atoms with Gasteiger partial charge in [0.15, 0.2) is 0 Å². The molecule has 0 rings (SSSR count). The van der Waals surface area contributed by atoms with Crippen LogP contribution in [0.25, 0.3) is 0 Å². The molecule has 0 aromatic rings. The normalized spacial score (nSPS) is 17.5. The molecule has 18 heavy (non-hydrogen) atoms. The third-order valence-electron chi connectivity index (χ3n) is 3.62. The van der Waals surface area contributed by atoms with Crippen molar-refractivity contribution in [2.24, 2.45) is 11.8 Å². The van der Waals surface area contributed by atoms with E-state index in [-0.39, 0.29) is 24.4 Å². The zero-order chi connectivity index (χ0) is 14.2. The van der Waals surface area contributed by atoms with Gasteiger partial charge in [-0.15, -0.1) is 0 Å². The van der Waals surface area contributed by atoms with Crippen molar-refractivity contribution in [1.82, 2.24) is 0 Å². The fourth-order valence-corrected chi connectivity index (χ4v) is 2.41. The largest absolute Gasteiger partial charge is 0.393 e. The second kappa shape index (κ2) is 8.78. The lowest BCUT2D eigenvalue weighted by Crippen LogP contribution is -2.27. The Labute approximate surface area is 109 Å². The van der Waals surface area contributed by atoms with Crippen molar-refractivity contribution in [3.05, 3.63) is 0 Å². The molecule has 0 saturated carbocycles. The van der Waals surface area contributed by atoms with E-state index < -0.39 is 12.6 Å². The minimum Gasteiger partial charge on any atom is -0.393 e.